The molecule has 10 heteroatoms. The Morgan fingerprint density at radius 3 is 2.65 bits per heavy atom. The van der Waals surface area contributed by atoms with Crippen molar-refractivity contribution in [1.29, 1.82) is 0 Å². The molecule has 2 aromatic rings. The van der Waals surface area contributed by atoms with Gasteiger partial charge < -0.3 is 0 Å². The maximum absolute atomic E-state index is 12.6. The van der Waals surface area contributed by atoms with Crippen LogP contribution in [-0.4, -0.2) is 43.6 Å². The summed E-state index contributed by atoms with van der Waals surface area (Å²) in [5, 5.41) is 11.2. The van der Waals surface area contributed by atoms with Crippen molar-refractivity contribution in [2.24, 2.45) is 5.92 Å². The maximum atomic E-state index is 12.6. The lowest BCUT2D eigenvalue weighted by Gasteiger charge is -2.20. The molecule has 0 aliphatic carbocycles. The van der Waals surface area contributed by atoms with Gasteiger partial charge in [-0.1, -0.05) is 43.0 Å². The van der Waals surface area contributed by atoms with E-state index in [-0.39, 0.29) is 5.91 Å². The van der Waals surface area contributed by atoms with Crippen LogP contribution in [0.2, 0.25) is 0 Å². The van der Waals surface area contributed by atoms with Gasteiger partial charge in [0.15, 0.2) is 4.34 Å². The number of amides is 1. The van der Waals surface area contributed by atoms with Crippen molar-refractivity contribution in [2.45, 2.75) is 25.1 Å². The van der Waals surface area contributed by atoms with E-state index in [1.165, 1.54) is 18.4 Å². The standard InChI is InChI=1S/C16H22N4O3S3/c1-10(2)9-24-16-19-18-15(25-16)17-14(21)12-7-6-8-13(11(12)3)20(4)26(5,22)23/h6-8,10H,9H2,1-5H3,(H,17,18,21). The summed E-state index contributed by atoms with van der Waals surface area (Å²) < 4.78 is 25.5. The van der Waals surface area contributed by atoms with Gasteiger partial charge in [-0.15, -0.1) is 10.2 Å². The highest BCUT2D eigenvalue weighted by Crippen LogP contribution is 2.28. The molecule has 0 aliphatic rings. The zero-order valence-corrected chi connectivity index (χ0v) is 17.8. The molecule has 2 rings (SSSR count). The summed E-state index contributed by atoms with van der Waals surface area (Å²) in [6, 6.07) is 4.97. The van der Waals surface area contributed by atoms with Gasteiger partial charge in [0.2, 0.25) is 15.2 Å². The van der Waals surface area contributed by atoms with Gasteiger partial charge >= 0.3 is 0 Å². The summed E-state index contributed by atoms with van der Waals surface area (Å²) >= 11 is 2.93. The first-order chi connectivity index (χ1) is 12.1. The molecule has 0 bridgehead atoms. The minimum Gasteiger partial charge on any atom is -0.296 e. The minimum absolute atomic E-state index is 0.345. The van der Waals surface area contributed by atoms with E-state index in [0.29, 0.717) is 27.9 Å². The van der Waals surface area contributed by atoms with Crippen LogP contribution in [0.3, 0.4) is 0 Å². The monoisotopic (exact) mass is 414 g/mol. The van der Waals surface area contributed by atoms with Crippen molar-refractivity contribution in [3.63, 3.8) is 0 Å². The van der Waals surface area contributed by atoms with E-state index in [4.69, 9.17) is 0 Å². The van der Waals surface area contributed by atoms with E-state index in [2.05, 4.69) is 29.4 Å². The van der Waals surface area contributed by atoms with Crippen molar-refractivity contribution >= 4 is 49.8 Å². The quantitative estimate of drug-likeness (QED) is 0.552. The number of anilines is 2. The number of rotatable bonds is 7. The van der Waals surface area contributed by atoms with Crippen LogP contribution in [0.4, 0.5) is 10.8 Å². The van der Waals surface area contributed by atoms with E-state index >= 15 is 0 Å². The van der Waals surface area contributed by atoms with Gasteiger partial charge in [0, 0.05) is 18.4 Å². The zero-order chi connectivity index (χ0) is 19.5. The highest BCUT2D eigenvalue weighted by atomic mass is 32.2. The highest BCUT2D eigenvalue weighted by Gasteiger charge is 2.19. The van der Waals surface area contributed by atoms with E-state index in [1.807, 2.05) is 0 Å². The number of hydrogen-bond acceptors (Lipinski definition) is 7. The molecule has 0 atom stereocenters. The third kappa shape index (κ3) is 5.18. The van der Waals surface area contributed by atoms with E-state index in [0.717, 1.165) is 20.7 Å². The Bertz CT molecular complexity index is 894. The molecule has 0 unspecified atom stereocenters. The predicted octanol–water partition coefficient (Wildman–Crippen LogP) is 3.24. The Labute approximate surface area is 162 Å². The summed E-state index contributed by atoms with van der Waals surface area (Å²) in [5.41, 5.74) is 1.44. The molecule has 0 aliphatic heterocycles. The van der Waals surface area contributed by atoms with Gasteiger partial charge in [-0.25, -0.2) is 8.42 Å². The van der Waals surface area contributed by atoms with Gasteiger partial charge in [0.05, 0.1) is 11.9 Å². The van der Waals surface area contributed by atoms with Crippen LogP contribution in [-0.2, 0) is 10.0 Å². The van der Waals surface area contributed by atoms with Gasteiger partial charge in [-0.05, 0) is 30.5 Å². The van der Waals surface area contributed by atoms with Crippen LogP contribution in [0.1, 0.15) is 29.8 Å². The Balaban J connectivity index is 2.18. The molecule has 0 fully saturated rings. The number of benzene rings is 1. The van der Waals surface area contributed by atoms with Crippen LogP contribution in [0, 0.1) is 12.8 Å². The van der Waals surface area contributed by atoms with Crippen LogP contribution >= 0.6 is 23.1 Å². The average Bonchev–Trinajstić information content (AvgIpc) is 2.99. The summed E-state index contributed by atoms with van der Waals surface area (Å²) in [7, 11) is -1.95. The average molecular weight is 415 g/mol. The van der Waals surface area contributed by atoms with Crippen LogP contribution < -0.4 is 9.62 Å². The Morgan fingerprint density at radius 2 is 2.04 bits per heavy atom. The fraction of sp³-hybridized carbons (Fsp3) is 0.438. The number of nitrogens with zero attached hydrogens (tertiary/aromatic N) is 3. The topological polar surface area (TPSA) is 92.3 Å². The van der Waals surface area contributed by atoms with E-state index < -0.39 is 10.0 Å². The Morgan fingerprint density at radius 1 is 1.35 bits per heavy atom. The molecule has 1 amide bonds. The number of thioether (sulfide) groups is 1. The first-order valence-corrected chi connectivity index (χ1v) is 11.6. The third-order valence-corrected chi connectivity index (χ3v) is 7.14. The van der Waals surface area contributed by atoms with Crippen LogP contribution in [0.5, 0.6) is 0 Å². The third-order valence-electron chi connectivity index (χ3n) is 3.55. The van der Waals surface area contributed by atoms with E-state index in [9.17, 15) is 13.2 Å². The van der Waals surface area contributed by atoms with Crippen molar-refractivity contribution in [3.8, 4) is 0 Å². The second kappa shape index (κ2) is 8.36. The van der Waals surface area contributed by atoms with Gasteiger partial charge in [0.25, 0.3) is 5.91 Å². The van der Waals surface area contributed by atoms with Crippen molar-refractivity contribution in [1.82, 2.24) is 10.2 Å². The number of sulfonamides is 1. The zero-order valence-electron chi connectivity index (χ0n) is 15.3. The number of aromatic nitrogens is 2. The highest BCUT2D eigenvalue weighted by molar-refractivity contribution is 8.01. The minimum atomic E-state index is -3.41. The van der Waals surface area contributed by atoms with Gasteiger partial charge in [-0.3, -0.25) is 14.4 Å². The van der Waals surface area contributed by atoms with Crippen molar-refractivity contribution < 1.29 is 13.2 Å². The lowest BCUT2D eigenvalue weighted by Crippen LogP contribution is -2.26. The first kappa shape index (κ1) is 20.7. The van der Waals surface area contributed by atoms with Crippen LogP contribution in [0.15, 0.2) is 22.5 Å². The second-order valence-corrected chi connectivity index (χ2v) is 10.5. The van der Waals surface area contributed by atoms with E-state index in [1.54, 1.807) is 36.9 Å². The maximum Gasteiger partial charge on any atom is 0.257 e. The predicted molar refractivity (Wildman–Crippen MR) is 108 cm³/mol. The molecule has 0 radical (unpaired) electrons. The normalized spacial score (nSPS) is 11.6. The molecule has 26 heavy (non-hydrogen) atoms. The molecule has 142 valence electrons. The van der Waals surface area contributed by atoms with Gasteiger partial charge in [-0.2, -0.15) is 0 Å². The number of hydrogen-bond donors (Lipinski definition) is 1. The lowest BCUT2D eigenvalue weighted by atomic mass is 10.1. The molecular formula is C16H22N4O3S3. The fourth-order valence-electron chi connectivity index (χ4n) is 2.11. The van der Waals surface area contributed by atoms with Gasteiger partial charge in [0.1, 0.15) is 0 Å². The SMILES string of the molecule is Cc1c(C(=O)Nc2nnc(SCC(C)C)s2)cccc1N(C)S(C)(=O)=O. The molecule has 1 heterocycles. The molecule has 1 N–H and O–H groups in total. The largest absolute Gasteiger partial charge is 0.296 e. The van der Waals surface area contributed by atoms with Crippen molar-refractivity contribution in [2.75, 3.05) is 28.7 Å². The summed E-state index contributed by atoms with van der Waals surface area (Å²) in [5.74, 6) is 1.13. The number of carbonyl (C=O) groups is 1. The summed E-state index contributed by atoms with van der Waals surface area (Å²) in [4.78, 5) is 12.6. The Kier molecular flexibility index (Phi) is 6.64. The molecule has 1 aromatic carbocycles. The molecule has 7 nitrogen and oxygen atoms in total. The van der Waals surface area contributed by atoms with Crippen LogP contribution in [0.25, 0.3) is 0 Å². The first-order valence-electron chi connectivity index (χ1n) is 7.90. The molecule has 0 saturated heterocycles. The molecular weight excluding hydrogens is 392 g/mol. The smallest absolute Gasteiger partial charge is 0.257 e. The fourth-order valence-corrected chi connectivity index (χ4v) is 4.39. The number of nitrogens with one attached hydrogen (secondary N) is 1. The Hall–Kier alpha value is -1.65. The molecule has 0 spiro atoms. The lowest BCUT2D eigenvalue weighted by molar-refractivity contribution is 0.102. The summed E-state index contributed by atoms with van der Waals surface area (Å²) in [6.45, 7) is 5.97. The number of carbonyl (C=O) groups excluding carboxylic acids is 1. The molecule has 0 saturated carbocycles. The second-order valence-electron chi connectivity index (χ2n) is 6.21. The molecule has 1 aromatic heterocycles. The van der Waals surface area contributed by atoms with Crippen molar-refractivity contribution in [3.05, 3.63) is 29.3 Å². The summed E-state index contributed by atoms with van der Waals surface area (Å²) in [6.07, 6.45) is 1.12.